The molecule has 0 saturated carbocycles. The molecule has 0 spiro atoms. The monoisotopic (exact) mass is 370 g/mol. The van der Waals surface area contributed by atoms with Gasteiger partial charge in [0.2, 0.25) is 0 Å². The number of rotatable bonds is 11. The first-order valence-corrected chi connectivity index (χ1v) is 10.4. The summed E-state index contributed by atoms with van der Waals surface area (Å²) in [6.07, 6.45) is 6.16. The van der Waals surface area contributed by atoms with Gasteiger partial charge in [-0.3, -0.25) is 0 Å². The van der Waals surface area contributed by atoms with E-state index in [0.29, 0.717) is 0 Å². The van der Waals surface area contributed by atoms with Gasteiger partial charge in [-0.2, -0.15) is 0 Å². The van der Waals surface area contributed by atoms with E-state index in [1.807, 2.05) is 12.1 Å². The van der Waals surface area contributed by atoms with Crippen LogP contribution in [0.1, 0.15) is 50.7 Å². The smallest absolute Gasteiger partial charge is 0.126 e. The number of aldehydes is 1. The van der Waals surface area contributed by atoms with Gasteiger partial charge in [0, 0.05) is 16.1 Å². The van der Waals surface area contributed by atoms with Crippen LogP contribution in [-0.4, -0.2) is 19.1 Å². The van der Waals surface area contributed by atoms with Crippen molar-refractivity contribution in [1.29, 1.82) is 0 Å². The fraction of sp³-hybridized carbons (Fsp3) is 0.435. The van der Waals surface area contributed by atoms with Gasteiger partial charge in [0.15, 0.2) is 0 Å². The fourth-order valence-corrected chi connectivity index (χ4v) is 4.42. The third-order valence-corrected chi connectivity index (χ3v) is 6.42. The van der Waals surface area contributed by atoms with Crippen molar-refractivity contribution in [2.75, 3.05) is 12.9 Å². The Bertz CT molecular complexity index is 684. The normalized spacial score (nSPS) is 13.2. The fourth-order valence-electron chi connectivity index (χ4n) is 3.04. The van der Waals surface area contributed by atoms with Crippen molar-refractivity contribution in [3.63, 3.8) is 0 Å². The minimum atomic E-state index is -0.228. The number of carbonyl (C=O) groups is 1. The number of ether oxygens (including phenoxy) is 1. The van der Waals surface area contributed by atoms with Crippen molar-refractivity contribution in [2.24, 2.45) is 5.41 Å². The number of unbranched alkanes of at least 4 members (excludes halogenated alkanes) is 1. The minimum Gasteiger partial charge on any atom is -0.497 e. The van der Waals surface area contributed by atoms with E-state index in [0.717, 1.165) is 43.6 Å². The van der Waals surface area contributed by atoms with Gasteiger partial charge in [-0.1, -0.05) is 63.1 Å². The average Bonchev–Trinajstić information content (AvgIpc) is 2.70. The molecule has 2 rings (SSSR count). The molecule has 1 atom stereocenters. The van der Waals surface area contributed by atoms with E-state index < -0.39 is 0 Å². The molecular formula is C23H30O2S. The topological polar surface area (TPSA) is 26.3 Å². The molecule has 1 unspecified atom stereocenters. The van der Waals surface area contributed by atoms with E-state index in [1.54, 1.807) is 18.9 Å². The summed E-state index contributed by atoms with van der Waals surface area (Å²) >= 11 is 1.79. The van der Waals surface area contributed by atoms with Crippen LogP contribution in [0.4, 0.5) is 0 Å². The van der Waals surface area contributed by atoms with Crippen LogP contribution in [0.25, 0.3) is 0 Å². The summed E-state index contributed by atoms with van der Waals surface area (Å²) in [5.41, 5.74) is 2.35. The third kappa shape index (κ3) is 5.63. The number of methoxy groups -OCH3 is 1. The standard InChI is InChI=1S/C23H30O2S/c1-4-6-14-23(5-2,17-24)18-26-22-16-21(25-3)13-12-20(22)15-19-10-8-7-9-11-19/h7-13,16-17H,4-6,14-15,18H2,1-3H3. The molecule has 140 valence electrons. The van der Waals surface area contributed by atoms with Gasteiger partial charge >= 0.3 is 0 Å². The van der Waals surface area contributed by atoms with Gasteiger partial charge in [0.05, 0.1) is 7.11 Å². The Morgan fingerprint density at radius 1 is 1.12 bits per heavy atom. The van der Waals surface area contributed by atoms with E-state index in [9.17, 15) is 4.79 Å². The molecule has 26 heavy (non-hydrogen) atoms. The van der Waals surface area contributed by atoms with Gasteiger partial charge in [-0.15, -0.1) is 11.8 Å². The summed E-state index contributed by atoms with van der Waals surface area (Å²) in [7, 11) is 1.70. The molecular weight excluding hydrogens is 340 g/mol. The van der Waals surface area contributed by atoms with Gasteiger partial charge in [0.1, 0.15) is 12.0 Å². The Balaban J connectivity index is 2.21. The van der Waals surface area contributed by atoms with Crippen LogP contribution >= 0.6 is 11.8 Å². The second-order valence-electron chi connectivity index (χ2n) is 6.86. The molecule has 0 aliphatic heterocycles. The summed E-state index contributed by atoms with van der Waals surface area (Å²) < 4.78 is 5.43. The predicted molar refractivity (Wildman–Crippen MR) is 111 cm³/mol. The predicted octanol–water partition coefficient (Wildman–Crippen LogP) is 6.16. The largest absolute Gasteiger partial charge is 0.497 e. The van der Waals surface area contributed by atoms with Crippen LogP contribution in [-0.2, 0) is 11.2 Å². The molecule has 2 nitrogen and oxygen atoms in total. The number of hydrogen-bond acceptors (Lipinski definition) is 3. The minimum absolute atomic E-state index is 0.228. The lowest BCUT2D eigenvalue weighted by Gasteiger charge is -2.26. The number of hydrogen-bond donors (Lipinski definition) is 0. The maximum absolute atomic E-state index is 11.8. The number of thioether (sulfide) groups is 1. The summed E-state index contributed by atoms with van der Waals surface area (Å²) in [5.74, 6) is 1.69. The van der Waals surface area contributed by atoms with Crippen molar-refractivity contribution in [2.45, 2.75) is 50.8 Å². The lowest BCUT2D eigenvalue weighted by atomic mass is 9.84. The molecule has 0 radical (unpaired) electrons. The van der Waals surface area contributed by atoms with Crippen molar-refractivity contribution in [1.82, 2.24) is 0 Å². The zero-order valence-electron chi connectivity index (χ0n) is 16.2. The molecule has 0 bridgehead atoms. The molecule has 0 heterocycles. The van der Waals surface area contributed by atoms with Crippen molar-refractivity contribution < 1.29 is 9.53 Å². The van der Waals surface area contributed by atoms with Crippen LogP contribution in [0.2, 0.25) is 0 Å². The highest BCUT2D eigenvalue weighted by Gasteiger charge is 2.27. The first-order chi connectivity index (χ1) is 12.7. The van der Waals surface area contributed by atoms with E-state index in [4.69, 9.17) is 4.74 Å². The zero-order chi connectivity index (χ0) is 18.8. The van der Waals surface area contributed by atoms with E-state index in [2.05, 4.69) is 50.2 Å². The molecule has 3 heteroatoms. The second kappa shape index (κ2) is 10.4. The molecule has 2 aromatic carbocycles. The highest BCUT2D eigenvalue weighted by atomic mass is 32.2. The first-order valence-electron chi connectivity index (χ1n) is 9.46. The van der Waals surface area contributed by atoms with Gasteiger partial charge in [0.25, 0.3) is 0 Å². The molecule has 0 N–H and O–H groups in total. The molecule has 2 aromatic rings. The SMILES string of the molecule is CCCCC(C=O)(CC)CSc1cc(OC)ccc1Cc1ccccc1. The Labute approximate surface area is 162 Å². The Hall–Kier alpha value is -1.74. The van der Waals surface area contributed by atoms with Crippen LogP contribution in [0.3, 0.4) is 0 Å². The maximum Gasteiger partial charge on any atom is 0.126 e. The second-order valence-corrected chi connectivity index (χ2v) is 7.88. The van der Waals surface area contributed by atoms with E-state index in [1.165, 1.54) is 22.3 Å². The van der Waals surface area contributed by atoms with Crippen LogP contribution < -0.4 is 4.74 Å². The molecule has 0 aliphatic carbocycles. The summed E-state index contributed by atoms with van der Waals surface area (Å²) in [5, 5.41) is 0. The highest BCUT2D eigenvalue weighted by Crippen LogP contribution is 2.37. The molecule has 0 fully saturated rings. The van der Waals surface area contributed by atoms with Crippen molar-refractivity contribution in [3.05, 3.63) is 59.7 Å². The lowest BCUT2D eigenvalue weighted by Crippen LogP contribution is -2.25. The molecule has 0 aromatic heterocycles. The van der Waals surface area contributed by atoms with Crippen LogP contribution in [0.5, 0.6) is 5.75 Å². The molecule has 0 aliphatic rings. The highest BCUT2D eigenvalue weighted by molar-refractivity contribution is 7.99. The summed E-state index contributed by atoms with van der Waals surface area (Å²) in [6.45, 7) is 4.31. The Morgan fingerprint density at radius 3 is 2.50 bits per heavy atom. The molecule has 0 saturated heterocycles. The van der Waals surface area contributed by atoms with Crippen LogP contribution in [0.15, 0.2) is 53.4 Å². The van der Waals surface area contributed by atoms with Gasteiger partial charge in [-0.05, 0) is 42.5 Å². The average molecular weight is 371 g/mol. The van der Waals surface area contributed by atoms with Gasteiger partial charge in [-0.25, -0.2) is 0 Å². The van der Waals surface area contributed by atoms with E-state index >= 15 is 0 Å². The number of carbonyl (C=O) groups excluding carboxylic acids is 1. The maximum atomic E-state index is 11.8. The van der Waals surface area contributed by atoms with Gasteiger partial charge < -0.3 is 9.53 Å². The van der Waals surface area contributed by atoms with E-state index in [-0.39, 0.29) is 5.41 Å². The molecule has 0 amide bonds. The number of benzene rings is 2. The Morgan fingerprint density at radius 2 is 1.88 bits per heavy atom. The third-order valence-electron chi connectivity index (χ3n) is 5.01. The quantitative estimate of drug-likeness (QED) is 0.350. The Kier molecular flexibility index (Phi) is 8.24. The summed E-state index contributed by atoms with van der Waals surface area (Å²) in [4.78, 5) is 13.1. The summed E-state index contributed by atoms with van der Waals surface area (Å²) in [6, 6.07) is 16.8. The first kappa shape index (κ1) is 20.6. The zero-order valence-corrected chi connectivity index (χ0v) is 17.0. The van der Waals surface area contributed by atoms with Crippen molar-refractivity contribution in [3.8, 4) is 5.75 Å². The van der Waals surface area contributed by atoms with Crippen molar-refractivity contribution >= 4 is 18.0 Å². The lowest BCUT2D eigenvalue weighted by molar-refractivity contribution is -0.115. The van der Waals surface area contributed by atoms with Crippen LogP contribution in [0, 0.1) is 5.41 Å².